The number of carbonyl (C=O) groups is 2. The largest absolute Gasteiger partial charge is 0.328 e. The van der Waals surface area contributed by atoms with Gasteiger partial charge in [0.25, 0.3) is 0 Å². The first-order valence-electron chi connectivity index (χ1n) is 8.62. The number of hydrogen-bond donors (Lipinski definition) is 0. The monoisotopic (exact) mass is 313 g/mol. The maximum Gasteiger partial charge on any atom is 0.328 e. The number of hydrogen-bond acceptors (Lipinski definition) is 3. The third kappa shape index (κ3) is 2.53. The second kappa shape index (κ2) is 5.64. The summed E-state index contributed by atoms with van der Waals surface area (Å²) in [4.78, 5) is 29.9. The van der Waals surface area contributed by atoms with Crippen molar-refractivity contribution in [1.82, 2.24) is 14.7 Å². The molecular formula is C18H23N3O2. The summed E-state index contributed by atoms with van der Waals surface area (Å²) in [5, 5.41) is 0. The topological polar surface area (TPSA) is 43.9 Å². The van der Waals surface area contributed by atoms with E-state index < -0.39 is 0 Å². The SMILES string of the molecule is CCN1C(=O)CN(CN(C2CC2)C2CCc3ccccc32)C1=O. The molecular weight excluding hydrogens is 290 g/mol. The zero-order chi connectivity index (χ0) is 16.0. The van der Waals surface area contributed by atoms with Crippen LogP contribution in [0.2, 0.25) is 0 Å². The number of urea groups is 1. The number of rotatable bonds is 5. The zero-order valence-electron chi connectivity index (χ0n) is 13.6. The Labute approximate surface area is 136 Å². The van der Waals surface area contributed by atoms with Crippen LogP contribution in [0.15, 0.2) is 24.3 Å². The summed E-state index contributed by atoms with van der Waals surface area (Å²) < 4.78 is 0. The molecule has 3 amide bonds. The Morgan fingerprint density at radius 2 is 1.96 bits per heavy atom. The average Bonchev–Trinajstić information content (AvgIpc) is 3.25. The molecule has 1 saturated carbocycles. The second-order valence-corrected chi connectivity index (χ2v) is 6.76. The Hall–Kier alpha value is -1.88. The number of fused-ring (bicyclic) bond motifs is 1. The van der Waals surface area contributed by atoms with E-state index in [0.717, 1.165) is 12.8 Å². The van der Waals surface area contributed by atoms with E-state index in [4.69, 9.17) is 0 Å². The van der Waals surface area contributed by atoms with Gasteiger partial charge in [-0.05, 0) is 43.7 Å². The number of likely N-dealkylation sites (N-methyl/N-ethyl adjacent to an activating group) is 1. The molecule has 0 N–H and O–H groups in total. The highest BCUT2D eigenvalue weighted by Gasteiger charge is 2.42. The number of benzene rings is 1. The van der Waals surface area contributed by atoms with E-state index in [9.17, 15) is 9.59 Å². The van der Waals surface area contributed by atoms with Gasteiger partial charge in [0.05, 0.1) is 6.67 Å². The molecule has 122 valence electrons. The van der Waals surface area contributed by atoms with Gasteiger partial charge in [0.2, 0.25) is 5.91 Å². The van der Waals surface area contributed by atoms with Gasteiger partial charge in [-0.3, -0.25) is 14.6 Å². The minimum absolute atomic E-state index is 0.0694. The molecule has 0 aromatic heterocycles. The molecule has 1 atom stereocenters. The summed E-state index contributed by atoms with van der Waals surface area (Å²) in [6, 6.07) is 9.45. The van der Waals surface area contributed by atoms with E-state index in [1.165, 1.54) is 28.9 Å². The number of carbonyl (C=O) groups excluding carboxylic acids is 2. The lowest BCUT2D eigenvalue weighted by molar-refractivity contribution is -0.125. The molecule has 0 bridgehead atoms. The Bertz CT molecular complexity index is 641. The number of nitrogens with zero attached hydrogens (tertiary/aromatic N) is 3. The van der Waals surface area contributed by atoms with Crippen molar-refractivity contribution in [1.29, 1.82) is 0 Å². The van der Waals surface area contributed by atoms with Crippen molar-refractivity contribution in [3.8, 4) is 0 Å². The van der Waals surface area contributed by atoms with E-state index in [1.807, 2.05) is 6.92 Å². The van der Waals surface area contributed by atoms with Crippen molar-refractivity contribution < 1.29 is 9.59 Å². The number of amides is 3. The molecule has 2 aliphatic carbocycles. The summed E-state index contributed by atoms with van der Waals surface area (Å²) in [6.45, 7) is 3.12. The maximum atomic E-state index is 12.4. The van der Waals surface area contributed by atoms with E-state index in [1.54, 1.807) is 4.90 Å². The van der Waals surface area contributed by atoms with Gasteiger partial charge in [-0.1, -0.05) is 24.3 Å². The van der Waals surface area contributed by atoms with Crippen LogP contribution < -0.4 is 0 Å². The first-order chi connectivity index (χ1) is 11.2. The quantitative estimate of drug-likeness (QED) is 0.784. The minimum atomic E-state index is -0.130. The maximum absolute atomic E-state index is 12.4. The highest BCUT2D eigenvalue weighted by Crippen LogP contribution is 2.41. The van der Waals surface area contributed by atoms with Crippen LogP contribution in [0.1, 0.15) is 43.4 Å². The molecule has 1 aliphatic heterocycles. The van der Waals surface area contributed by atoms with E-state index in [0.29, 0.717) is 25.3 Å². The average molecular weight is 313 g/mol. The summed E-state index contributed by atoms with van der Waals surface area (Å²) in [6.07, 6.45) is 4.62. The Balaban J connectivity index is 1.54. The van der Waals surface area contributed by atoms with Crippen LogP contribution in [0.4, 0.5) is 4.79 Å². The van der Waals surface area contributed by atoms with Gasteiger partial charge in [-0.2, -0.15) is 0 Å². The van der Waals surface area contributed by atoms with Crippen molar-refractivity contribution in [2.75, 3.05) is 19.8 Å². The van der Waals surface area contributed by atoms with E-state index in [-0.39, 0.29) is 18.5 Å². The molecule has 3 aliphatic rings. The molecule has 1 saturated heterocycles. The molecule has 2 fully saturated rings. The van der Waals surface area contributed by atoms with Gasteiger partial charge in [-0.15, -0.1) is 0 Å². The van der Waals surface area contributed by atoms with Gasteiger partial charge >= 0.3 is 6.03 Å². The Morgan fingerprint density at radius 1 is 1.17 bits per heavy atom. The predicted octanol–water partition coefficient (Wildman–Crippen LogP) is 2.38. The predicted molar refractivity (Wildman–Crippen MR) is 86.7 cm³/mol. The molecule has 1 aromatic rings. The lowest BCUT2D eigenvalue weighted by Gasteiger charge is -2.33. The highest BCUT2D eigenvalue weighted by atomic mass is 16.2. The number of aryl methyl sites for hydroxylation is 1. The fourth-order valence-electron chi connectivity index (χ4n) is 3.97. The van der Waals surface area contributed by atoms with Crippen LogP contribution >= 0.6 is 0 Å². The van der Waals surface area contributed by atoms with Crippen LogP contribution in [0, 0.1) is 0 Å². The first kappa shape index (κ1) is 14.7. The summed E-state index contributed by atoms with van der Waals surface area (Å²) in [5.74, 6) is -0.0694. The smallest absolute Gasteiger partial charge is 0.302 e. The summed E-state index contributed by atoms with van der Waals surface area (Å²) in [7, 11) is 0. The molecule has 0 radical (unpaired) electrons. The lowest BCUT2D eigenvalue weighted by atomic mass is 10.1. The molecule has 4 rings (SSSR count). The van der Waals surface area contributed by atoms with Crippen LogP contribution in [0.5, 0.6) is 0 Å². The van der Waals surface area contributed by atoms with Gasteiger partial charge in [-0.25, -0.2) is 4.79 Å². The van der Waals surface area contributed by atoms with Crippen LogP contribution in [-0.2, 0) is 11.2 Å². The van der Waals surface area contributed by atoms with Crippen molar-refractivity contribution in [2.45, 2.75) is 44.7 Å². The lowest BCUT2D eigenvalue weighted by Crippen LogP contribution is -2.43. The Morgan fingerprint density at radius 3 is 2.65 bits per heavy atom. The fraction of sp³-hybridized carbons (Fsp3) is 0.556. The minimum Gasteiger partial charge on any atom is -0.302 e. The van der Waals surface area contributed by atoms with E-state index >= 15 is 0 Å². The highest BCUT2D eigenvalue weighted by molar-refractivity contribution is 6.01. The molecule has 23 heavy (non-hydrogen) atoms. The third-order valence-electron chi connectivity index (χ3n) is 5.30. The van der Waals surface area contributed by atoms with Crippen molar-refractivity contribution >= 4 is 11.9 Å². The van der Waals surface area contributed by atoms with Crippen LogP contribution in [-0.4, -0.2) is 52.4 Å². The molecule has 1 aromatic carbocycles. The third-order valence-corrected chi connectivity index (χ3v) is 5.30. The number of imide groups is 1. The molecule has 0 spiro atoms. The van der Waals surface area contributed by atoms with Gasteiger partial charge in [0.1, 0.15) is 6.54 Å². The standard InChI is InChI=1S/C18H23N3O2/c1-2-20-17(22)11-19(18(20)23)12-21(14-8-9-14)16-10-7-13-5-3-4-6-15(13)16/h3-6,14,16H,2,7-12H2,1H3. The van der Waals surface area contributed by atoms with Crippen molar-refractivity contribution in [3.05, 3.63) is 35.4 Å². The summed E-state index contributed by atoms with van der Waals surface area (Å²) in [5.41, 5.74) is 2.84. The Kier molecular flexibility index (Phi) is 3.60. The van der Waals surface area contributed by atoms with Crippen molar-refractivity contribution in [2.24, 2.45) is 0 Å². The molecule has 1 heterocycles. The fourth-order valence-corrected chi connectivity index (χ4v) is 3.97. The molecule has 1 unspecified atom stereocenters. The molecule has 5 heteroatoms. The van der Waals surface area contributed by atoms with Crippen LogP contribution in [0.3, 0.4) is 0 Å². The van der Waals surface area contributed by atoms with Crippen LogP contribution in [0.25, 0.3) is 0 Å². The molecule has 5 nitrogen and oxygen atoms in total. The van der Waals surface area contributed by atoms with Gasteiger partial charge in [0.15, 0.2) is 0 Å². The second-order valence-electron chi connectivity index (χ2n) is 6.76. The van der Waals surface area contributed by atoms with Gasteiger partial charge < -0.3 is 4.90 Å². The zero-order valence-corrected chi connectivity index (χ0v) is 13.6. The normalized spacial score (nSPS) is 24.0. The first-order valence-corrected chi connectivity index (χ1v) is 8.62. The summed E-state index contributed by atoms with van der Waals surface area (Å²) >= 11 is 0. The van der Waals surface area contributed by atoms with Gasteiger partial charge in [0, 0.05) is 18.6 Å². The van der Waals surface area contributed by atoms with Crippen molar-refractivity contribution in [3.63, 3.8) is 0 Å². The van der Waals surface area contributed by atoms with E-state index in [2.05, 4.69) is 29.2 Å².